The molecule has 18 heavy (non-hydrogen) atoms. The lowest BCUT2D eigenvalue weighted by atomic mass is 10.1. The second-order valence-corrected chi connectivity index (χ2v) is 5.43. The summed E-state index contributed by atoms with van der Waals surface area (Å²) in [6, 6.07) is 9.61. The zero-order valence-corrected chi connectivity index (χ0v) is 11.2. The van der Waals surface area contributed by atoms with Crippen molar-refractivity contribution >= 4 is 23.2 Å². The molecule has 0 radical (unpaired) electrons. The Bertz CT molecular complexity index is 563. The van der Waals surface area contributed by atoms with Crippen LogP contribution in [-0.2, 0) is 6.42 Å². The zero-order valence-electron chi connectivity index (χ0n) is 9.74. The summed E-state index contributed by atoms with van der Waals surface area (Å²) in [5, 5.41) is 1.28. The Morgan fingerprint density at radius 3 is 2.44 bits per heavy atom. The summed E-state index contributed by atoms with van der Waals surface area (Å²) in [6.07, 6.45) is 3.12. The molecule has 1 aromatic heterocycles. The van der Waals surface area contributed by atoms with Crippen LogP contribution in [0.15, 0.2) is 30.3 Å². The van der Waals surface area contributed by atoms with Crippen LogP contribution in [0.4, 0.5) is 0 Å². The van der Waals surface area contributed by atoms with E-state index < -0.39 is 0 Å². The molecule has 0 aliphatic heterocycles. The first kappa shape index (κ1) is 11.9. The van der Waals surface area contributed by atoms with E-state index in [-0.39, 0.29) is 0 Å². The predicted molar refractivity (Wildman–Crippen MR) is 73.3 cm³/mol. The van der Waals surface area contributed by atoms with Gasteiger partial charge in [-0.25, -0.2) is 9.97 Å². The average Bonchev–Trinajstić information content (AvgIpc) is 3.15. The molecular formula is C14H12Cl2N2. The number of hydrogen-bond acceptors (Lipinski definition) is 2. The monoisotopic (exact) mass is 278 g/mol. The van der Waals surface area contributed by atoms with Crippen molar-refractivity contribution in [1.82, 2.24) is 9.97 Å². The maximum Gasteiger partial charge on any atom is 0.134 e. The van der Waals surface area contributed by atoms with Crippen LogP contribution in [-0.4, -0.2) is 9.97 Å². The fraction of sp³-hybridized carbons (Fsp3) is 0.286. The SMILES string of the molecule is Clc1ccc(Cc2nc(Cl)cc(C3CC3)n2)cc1. The maximum absolute atomic E-state index is 6.04. The van der Waals surface area contributed by atoms with Gasteiger partial charge in [-0.3, -0.25) is 0 Å². The third-order valence-electron chi connectivity index (χ3n) is 3.03. The minimum Gasteiger partial charge on any atom is -0.237 e. The van der Waals surface area contributed by atoms with Crippen molar-refractivity contribution in [3.63, 3.8) is 0 Å². The number of nitrogens with zero attached hydrogens (tertiary/aromatic N) is 2. The van der Waals surface area contributed by atoms with E-state index in [0.29, 0.717) is 17.5 Å². The van der Waals surface area contributed by atoms with Crippen LogP contribution in [0.3, 0.4) is 0 Å². The number of hydrogen-bond donors (Lipinski definition) is 0. The second-order valence-electron chi connectivity index (χ2n) is 4.61. The first-order valence-electron chi connectivity index (χ1n) is 5.98. The predicted octanol–water partition coefficient (Wildman–Crippen LogP) is 4.25. The molecule has 0 N–H and O–H groups in total. The highest BCUT2D eigenvalue weighted by atomic mass is 35.5. The van der Waals surface area contributed by atoms with Crippen molar-refractivity contribution in [1.29, 1.82) is 0 Å². The molecule has 1 heterocycles. The van der Waals surface area contributed by atoms with E-state index in [9.17, 15) is 0 Å². The van der Waals surface area contributed by atoms with Gasteiger partial charge in [-0.15, -0.1) is 0 Å². The molecule has 0 saturated heterocycles. The van der Waals surface area contributed by atoms with Gasteiger partial charge in [0.15, 0.2) is 0 Å². The minimum atomic E-state index is 0.538. The average molecular weight is 279 g/mol. The van der Waals surface area contributed by atoms with Crippen molar-refractivity contribution in [3.05, 3.63) is 57.6 Å². The lowest BCUT2D eigenvalue weighted by molar-refractivity contribution is 0.900. The molecule has 4 heteroatoms. The van der Waals surface area contributed by atoms with Crippen LogP contribution in [0.25, 0.3) is 0 Å². The fourth-order valence-electron chi connectivity index (χ4n) is 1.94. The first-order valence-corrected chi connectivity index (χ1v) is 6.74. The van der Waals surface area contributed by atoms with Crippen LogP contribution in [0.5, 0.6) is 0 Å². The van der Waals surface area contributed by atoms with E-state index >= 15 is 0 Å². The van der Waals surface area contributed by atoms with Crippen LogP contribution in [0, 0.1) is 0 Å². The third kappa shape index (κ3) is 2.82. The van der Waals surface area contributed by atoms with E-state index in [2.05, 4.69) is 9.97 Å². The molecule has 1 fully saturated rings. The van der Waals surface area contributed by atoms with Gasteiger partial charge in [0.1, 0.15) is 11.0 Å². The Kier molecular flexibility index (Phi) is 3.23. The molecule has 2 aromatic rings. The first-order chi connectivity index (χ1) is 8.70. The third-order valence-corrected chi connectivity index (χ3v) is 3.48. The molecule has 3 rings (SSSR count). The minimum absolute atomic E-state index is 0.538. The van der Waals surface area contributed by atoms with Gasteiger partial charge in [-0.05, 0) is 36.6 Å². The Labute approximate surface area is 116 Å². The molecule has 1 saturated carbocycles. The van der Waals surface area contributed by atoms with Gasteiger partial charge in [0.2, 0.25) is 0 Å². The largest absolute Gasteiger partial charge is 0.237 e. The number of aromatic nitrogens is 2. The van der Waals surface area contributed by atoms with Crippen molar-refractivity contribution in [3.8, 4) is 0 Å². The highest BCUT2D eigenvalue weighted by molar-refractivity contribution is 6.30. The lowest BCUT2D eigenvalue weighted by Gasteiger charge is -2.04. The molecule has 0 bridgehead atoms. The lowest BCUT2D eigenvalue weighted by Crippen LogP contribution is -2.00. The van der Waals surface area contributed by atoms with Crippen LogP contribution < -0.4 is 0 Å². The van der Waals surface area contributed by atoms with Crippen molar-refractivity contribution < 1.29 is 0 Å². The summed E-state index contributed by atoms with van der Waals surface area (Å²) >= 11 is 11.9. The van der Waals surface area contributed by atoms with Gasteiger partial charge >= 0.3 is 0 Å². The van der Waals surface area contributed by atoms with E-state index in [0.717, 1.165) is 22.1 Å². The summed E-state index contributed by atoms with van der Waals surface area (Å²) < 4.78 is 0. The Hall–Kier alpha value is -1.12. The summed E-state index contributed by atoms with van der Waals surface area (Å²) in [4.78, 5) is 8.87. The number of halogens is 2. The molecule has 2 nitrogen and oxygen atoms in total. The Morgan fingerprint density at radius 2 is 1.78 bits per heavy atom. The molecule has 0 amide bonds. The van der Waals surface area contributed by atoms with Crippen LogP contribution in [0.2, 0.25) is 10.2 Å². The van der Waals surface area contributed by atoms with E-state index in [1.165, 1.54) is 12.8 Å². The molecule has 1 aliphatic rings. The van der Waals surface area contributed by atoms with Crippen molar-refractivity contribution in [2.75, 3.05) is 0 Å². The molecule has 92 valence electrons. The van der Waals surface area contributed by atoms with E-state index in [1.54, 1.807) is 0 Å². The van der Waals surface area contributed by atoms with Crippen LogP contribution in [0.1, 0.15) is 35.8 Å². The Balaban J connectivity index is 1.85. The highest BCUT2D eigenvalue weighted by Crippen LogP contribution is 2.39. The van der Waals surface area contributed by atoms with Gasteiger partial charge in [0.25, 0.3) is 0 Å². The van der Waals surface area contributed by atoms with Gasteiger partial charge in [-0.1, -0.05) is 35.3 Å². The highest BCUT2D eigenvalue weighted by Gasteiger charge is 2.25. The summed E-state index contributed by atoms with van der Waals surface area (Å²) in [5.41, 5.74) is 2.22. The summed E-state index contributed by atoms with van der Waals surface area (Å²) in [5.74, 6) is 1.38. The molecule has 0 unspecified atom stereocenters. The smallest absolute Gasteiger partial charge is 0.134 e. The van der Waals surface area contributed by atoms with Crippen LogP contribution >= 0.6 is 23.2 Å². The standard InChI is InChI=1S/C14H12Cl2N2/c15-11-5-1-9(2-6-11)7-14-17-12(10-3-4-10)8-13(16)18-14/h1-2,5-6,8,10H,3-4,7H2. The maximum atomic E-state index is 6.04. The molecular weight excluding hydrogens is 267 g/mol. The molecule has 1 aliphatic carbocycles. The normalized spacial score (nSPS) is 14.8. The quantitative estimate of drug-likeness (QED) is 0.785. The number of benzene rings is 1. The second kappa shape index (κ2) is 4.87. The summed E-state index contributed by atoms with van der Waals surface area (Å²) in [6.45, 7) is 0. The summed E-state index contributed by atoms with van der Waals surface area (Å²) in [7, 11) is 0. The Morgan fingerprint density at radius 1 is 1.06 bits per heavy atom. The van der Waals surface area contributed by atoms with E-state index in [1.807, 2.05) is 30.3 Å². The number of rotatable bonds is 3. The van der Waals surface area contributed by atoms with Crippen molar-refractivity contribution in [2.24, 2.45) is 0 Å². The van der Waals surface area contributed by atoms with Crippen molar-refractivity contribution in [2.45, 2.75) is 25.2 Å². The van der Waals surface area contributed by atoms with Gasteiger partial charge in [0.05, 0.1) is 0 Å². The topological polar surface area (TPSA) is 25.8 Å². The van der Waals surface area contributed by atoms with Gasteiger partial charge in [-0.2, -0.15) is 0 Å². The molecule has 1 aromatic carbocycles. The van der Waals surface area contributed by atoms with Gasteiger partial charge < -0.3 is 0 Å². The fourth-order valence-corrected chi connectivity index (χ4v) is 2.27. The van der Waals surface area contributed by atoms with Gasteiger partial charge in [0, 0.05) is 23.1 Å². The molecule has 0 spiro atoms. The molecule has 0 atom stereocenters. The zero-order chi connectivity index (χ0) is 12.5. The van der Waals surface area contributed by atoms with E-state index in [4.69, 9.17) is 23.2 Å².